The van der Waals surface area contributed by atoms with Crippen molar-refractivity contribution in [2.45, 2.75) is 49.5 Å². The Morgan fingerprint density at radius 1 is 1.25 bits per heavy atom. The van der Waals surface area contributed by atoms with Gasteiger partial charge in [0.15, 0.2) is 0 Å². The molecule has 0 spiro atoms. The number of aromatic nitrogens is 5. The van der Waals surface area contributed by atoms with Crippen LogP contribution in [0.5, 0.6) is 5.88 Å². The fraction of sp³-hybridized carbons (Fsp3) is 0.381. The van der Waals surface area contributed by atoms with Gasteiger partial charge < -0.3 is 20.1 Å². The van der Waals surface area contributed by atoms with Gasteiger partial charge in [-0.15, -0.1) is 0 Å². The second-order valence-corrected chi connectivity index (χ2v) is 10.0. The number of nitrogens with zero attached hydrogens (tertiary/aromatic N) is 4. The number of ether oxygens (including phenoxy) is 1. The van der Waals surface area contributed by atoms with E-state index < -0.39 is 10.9 Å². The fourth-order valence-corrected chi connectivity index (χ4v) is 4.31. The zero-order valence-electron chi connectivity index (χ0n) is 19.0. The van der Waals surface area contributed by atoms with Crippen molar-refractivity contribution in [3.8, 4) is 17.0 Å². The second-order valence-electron chi connectivity index (χ2n) is 10.0. The molecule has 1 saturated carbocycles. The van der Waals surface area contributed by atoms with Crippen LogP contribution in [0.2, 0.25) is 0 Å². The van der Waals surface area contributed by atoms with Crippen molar-refractivity contribution in [3.05, 3.63) is 36.8 Å². The van der Waals surface area contributed by atoms with Gasteiger partial charge in [-0.3, -0.25) is 0 Å². The summed E-state index contributed by atoms with van der Waals surface area (Å²) in [7, 11) is 6.05. The highest BCUT2D eigenvalue weighted by Crippen LogP contribution is 2.36. The number of anilines is 1. The summed E-state index contributed by atoms with van der Waals surface area (Å²) >= 11 is 0. The molecule has 3 N–H and O–H groups in total. The molecule has 1 fully saturated rings. The van der Waals surface area contributed by atoms with Gasteiger partial charge in [-0.2, -0.15) is 15.1 Å². The lowest BCUT2D eigenvalue weighted by molar-refractivity contribution is 0.0195. The molecular weight excluding hydrogens is 401 g/mol. The molecule has 0 unspecified atom stereocenters. The largest absolute Gasteiger partial charge is 0.498 e. The number of nitrogens with one attached hydrogen (secondary N) is 2. The maximum atomic E-state index is 10.2. The maximum absolute atomic E-state index is 10.2. The lowest BCUT2D eigenvalue weighted by Gasteiger charge is -2.33. The Bertz CT molecular complexity index is 1270. The molecule has 0 aliphatic heterocycles. The predicted octanol–water partition coefficient (Wildman–Crippen LogP) is 0.267. The first kappa shape index (κ1) is 20.9. The van der Waals surface area contributed by atoms with E-state index in [0.717, 1.165) is 53.4 Å². The van der Waals surface area contributed by atoms with Crippen molar-refractivity contribution in [2.24, 2.45) is 0 Å². The Kier molecular flexibility index (Phi) is 4.96. The van der Waals surface area contributed by atoms with Crippen molar-refractivity contribution in [2.75, 3.05) is 5.32 Å². The molecule has 0 saturated heterocycles. The van der Waals surface area contributed by atoms with Gasteiger partial charge in [0.05, 0.1) is 16.5 Å². The van der Waals surface area contributed by atoms with E-state index in [4.69, 9.17) is 14.7 Å². The summed E-state index contributed by atoms with van der Waals surface area (Å²) in [5.41, 5.74) is 3.20. The molecule has 0 aromatic carbocycles. The number of hydrogen-bond acceptors (Lipinski definition) is 6. The number of aliphatic hydroxyl groups is 1. The third kappa shape index (κ3) is 4.21. The monoisotopic (exact) mass is 428 g/mol. The van der Waals surface area contributed by atoms with Gasteiger partial charge in [-0.1, -0.05) is 0 Å². The zero-order chi connectivity index (χ0) is 22.5. The molecular formula is C21H27B3N6O2. The summed E-state index contributed by atoms with van der Waals surface area (Å²) in [5, 5.41) is 18.4. The summed E-state index contributed by atoms with van der Waals surface area (Å²) in [5.74, 6) is 1.10. The maximum Gasteiger partial charge on any atom is 0.228 e. The predicted molar refractivity (Wildman–Crippen MR) is 134 cm³/mol. The van der Waals surface area contributed by atoms with Crippen molar-refractivity contribution in [1.82, 2.24) is 24.6 Å². The normalized spacial score (nSPS) is 21.8. The van der Waals surface area contributed by atoms with Gasteiger partial charge >= 0.3 is 0 Å². The fourth-order valence-electron chi connectivity index (χ4n) is 4.31. The molecule has 11 heteroatoms. The average Bonchev–Trinajstić information content (AvgIpc) is 3.34. The van der Waals surface area contributed by atoms with E-state index in [0.29, 0.717) is 11.8 Å². The van der Waals surface area contributed by atoms with Crippen LogP contribution in [0.15, 0.2) is 36.8 Å². The molecule has 162 valence electrons. The summed E-state index contributed by atoms with van der Waals surface area (Å²) in [4.78, 5) is 12.9. The van der Waals surface area contributed by atoms with Crippen LogP contribution in [0.4, 0.5) is 5.95 Å². The lowest BCUT2D eigenvalue weighted by Crippen LogP contribution is -2.38. The topological polar surface area (TPSA) is 100 Å². The minimum atomic E-state index is -0.575. The highest BCUT2D eigenvalue weighted by molar-refractivity contribution is 6.58. The molecule has 1 aliphatic carbocycles. The van der Waals surface area contributed by atoms with Crippen molar-refractivity contribution in [1.29, 1.82) is 0 Å². The van der Waals surface area contributed by atoms with Crippen LogP contribution >= 0.6 is 0 Å². The van der Waals surface area contributed by atoms with Crippen LogP contribution in [-0.4, -0.2) is 70.2 Å². The molecule has 32 heavy (non-hydrogen) atoms. The van der Waals surface area contributed by atoms with Gasteiger partial charge in [0, 0.05) is 35.5 Å². The Morgan fingerprint density at radius 2 is 2.03 bits per heavy atom. The van der Waals surface area contributed by atoms with Crippen LogP contribution < -0.4 is 10.1 Å². The molecule has 0 radical (unpaired) electrons. The first-order chi connectivity index (χ1) is 15.2. The Hall–Kier alpha value is -2.94. The molecule has 4 aromatic heterocycles. The Labute approximate surface area is 189 Å². The molecule has 0 bridgehead atoms. The standard InChI is InChI=1S/C21H27B3N6O2/c1-20(31)6-2-13(3-7-20)27-19-28-17-16(18(29-19)32-21(22,23)24)15(11-25-17)12-5-9-30-14(10-12)4-8-26-30/h4-5,8-11,13,31H,2-3,6-7,22-24H2,1H3,(H2,25,27,28,29)/t13-,20-. The molecule has 4 heterocycles. The van der Waals surface area contributed by atoms with E-state index in [1.54, 1.807) is 6.20 Å². The number of pyridine rings is 1. The second kappa shape index (κ2) is 7.58. The first-order valence-corrected chi connectivity index (χ1v) is 11.2. The van der Waals surface area contributed by atoms with E-state index in [2.05, 4.69) is 21.5 Å². The number of hydrogen-bond donors (Lipinski definition) is 3. The molecule has 0 amide bonds. The van der Waals surface area contributed by atoms with Crippen LogP contribution in [0, 0.1) is 0 Å². The third-order valence-corrected chi connectivity index (χ3v) is 6.01. The average molecular weight is 428 g/mol. The highest BCUT2D eigenvalue weighted by Gasteiger charge is 2.29. The minimum Gasteiger partial charge on any atom is -0.498 e. The molecule has 1 aliphatic rings. The summed E-state index contributed by atoms with van der Waals surface area (Å²) in [6.07, 6.45) is 8.98. The van der Waals surface area contributed by atoms with Crippen LogP contribution in [0.25, 0.3) is 27.7 Å². The summed E-state index contributed by atoms with van der Waals surface area (Å²) in [6.45, 7) is 1.91. The van der Waals surface area contributed by atoms with Gasteiger partial charge in [0.25, 0.3) is 0 Å². The molecule has 5 rings (SSSR count). The van der Waals surface area contributed by atoms with Crippen LogP contribution in [0.1, 0.15) is 32.6 Å². The summed E-state index contributed by atoms with van der Waals surface area (Å²) in [6, 6.07) is 6.33. The first-order valence-electron chi connectivity index (χ1n) is 11.2. The lowest BCUT2D eigenvalue weighted by atomic mass is 9.52. The van der Waals surface area contributed by atoms with Gasteiger partial charge in [-0.05, 0) is 56.4 Å². The van der Waals surface area contributed by atoms with Crippen molar-refractivity contribution in [3.63, 3.8) is 0 Å². The quantitative estimate of drug-likeness (QED) is 0.395. The van der Waals surface area contributed by atoms with E-state index >= 15 is 0 Å². The molecule has 0 atom stereocenters. The summed E-state index contributed by atoms with van der Waals surface area (Å²) < 4.78 is 8.14. The van der Waals surface area contributed by atoms with E-state index in [-0.39, 0.29) is 6.04 Å². The number of rotatable bonds is 5. The van der Waals surface area contributed by atoms with Gasteiger partial charge in [-0.25, -0.2) is 4.52 Å². The molecule has 8 nitrogen and oxygen atoms in total. The Morgan fingerprint density at radius 3 is 2.78 bits per heavy atom. The number of fused-ring (bicyclic) bond motifs is 2. The van der Waals surface area contributed by atoms with Gasteiger partial charge in [0.2, 0.25) is 11.8 Å². The van der Waals surface area contributed by atoms with E-state index in [1.807, 2.05) is 59.5 Å². The SMILES string of the molecule is BC(B)(B)Oc1nc(N[C@H]2CC[C@](C)(O)CC2)nc2[nH]cc(-c3ccn4nccc4c3)c12. The van der Waals surface area contributed by atoms with Gasteiger partial charge in [0.1, 0.15) is 29.2 Å². The van der Waals surface area contributed by atoms with Crippen LogP contribution in [0.3, 0.4) is 0 Å². The third-order valence-electron chi connectivity index (χ3n) is 6.01. The van der Waals surface area contributed by atoms with Crippen molar-refractivity contribution < 1.29 is 9.84 Å². The van der Waals surface area contributed by atoms with Crippen molar-refractivity contribution >= 4 is 46.0 Å². The van der Waals surface area contributed by atoms with E-state index in [9.17, 15) is 5.11 Å². The van der Waals surface area contributed by atoms with E-state index in [1.165, 1.54) is 0 Å². The zero-order valence-corrected chi connectivity index (χ0v) is 19.0. The highest BCUT2D eigenvalue weighted by atomic mass is 16.5. The molecule has 4 aromatic rings. The number of H-pyrrole nitrogens is 1. The number of aromatic amines is 1. The smallest absolute Gasteiger partial charge is 0.228 e. The van der Waals surface area contributed by atoms with Crippen LogP contribution in [-0.2, 0) is 0 Å². The minimum absolute atomic E-state index is 0.230. The Balaban J connectivity index is 1.54.